The van der Waals surface area contributed by atoms with Crippen LogP contribution in [0.25, 0.3) is 0 Å². The van der Waals surface area contributed by atoms with E-state index in [4.69, 9.17) is 9.84 Å². The summed E-state index contributed by atoms with van der Waals surface area (Å²) in [5, 5.41) is 39.9. The van der Waals surface area contributed by atoms with Crippen molar-refractivity contribution in [1.29, 1.82) is 0 Å². The van der Waals surface area contributed by atoms with Crippen LogP contribution in [0.3, 0.4) is 0 Å². The van der Waals surface area contributed by atoms with E-state index in [1.807, 2.05) is 0 Å². The fourth-order valence-electron chi connectivity index (χ4n) is 1.47. The molecule has 1 rings (SSSR count). The standard InChI is InChI=1S/C8H13NO6/c1-9-4-5(12)6(13)7(3(11)2-10)15-8(4)14/h4-9,11-14H,1H3/t4-,5-,6+,7-,8?/m1/s1. The van der Waals surface area contributed by atoms with Crippen molar-refractivity contribution in [2.75, 3.05) is 7.05 Å². The van der Waals surface area contributed by atoms with Crippen molar-refractivity contribution in [2.45, 2.75) is 30.6 Å². The highest BCUT2D eigenvalue weighted by Gasteiger charge is 2.45. The number of nitrogens with one attached hydrogen (secondary N) is 1. The molecule has 0 aromatic heterocycles. The predicted octanol–water partition coefficient (Wildman–Crippen LogP) is -2.71. The fourth-order valence-corrected chi connectivity index (χ4v) is 1.47. The molecule has 1 heterocycles. The van der Waals surface area contributed by atoms with Crippen molar-refractivity contribution in [3.8, 4) is 0 Å². The molecule has 0 aliphatic carbocycles. The second-order valence-electron chi connectivity index (χ2n) is 3.23. The van der Waals surface area contributed by atoms with Gasteiger partial charge in [-0.1, -0.05) is 0 Å². The molecule has 5 N–H and O–H groups in total. The monoisotopic (exact) mass is 219 g/mol. The molecule has 7 nitrogen and oxygen atoms in total. The minimum Gasteiger partial charge on any atom is -0.500 e. The number of likely N-dealkylation sites (N-methyl/N-ethyl adjacent to an activating group) is 1. The number of hydrogen-bond donors (Lipinski definition) is 5. The van der Waals surface area contributed by atoms with Crippen LogP contribution in [0.5, 0.6) is 0 Å². The highest BCUT2D eigenvalue weighted by atomic mass is 16.6. The molecule has 1 fully saturated rings. The number of ether oxygens (including phenoxy) is 1. The van der Waals surface area contributed by atoms with Gasteiger partial charge < -0.3 is 30.5 Å². The lowest BCUT2D eigenvalue weighted by Gasteiger charge is -2.39. The molecule has 0 radical (unpaired) electrons. The molecule has 0 bridgehead atoms. The molecule has 1 aliphatic heterocycles. The summed E-state index contributed by atoms with van der Waals surface area (Å²) in [6.07, 6.45) is -5.77. The Morgan fingerprint density at radius 3 is 2.40 bits per heavy atom. The van der Waals surface area contributed by atoms with Gasteiger partial charge in [-0.15, -0.1) is 0 Å². The number of aliphatic hydroxyl groups excluding tert-OH is 4. The molecule has 7 heteroatoms. The topological polar surface area (TPSA) is 119 Å². The Balaban J connectivity index is 2.86. The molecule has 86 valence electrons. The number of hydrogen-bond acceptors (Lipinski definition) is 7. The smallest absolute Gasteiger partial charge is 0.209 e. The van der Waals surface area contributed by atoms with E-state index in [1.165, 1.54) is 7.05 Å². The molecule has 5 atom stereocenters. The summed E-state index contributed by atoms with van der Waals surface area (Å²) in [5.74, 6) is 0.240. The highest BCUT2D eigenvalue weighted by Crippen LogP contribution is 2.22. The van der Waals surface area contributed by atoms with E-state index in [1.54, 1.807) is 0 Å². The Kier molecular flexibility index (Phi) is 3.81. The minimum atomic E-state index is -1.51. The maximum atomic E-state index is 10.1. The van der Waals surface area contributed by atoms with Gasteiger partial charge in [-0.3, -0.25) is 0 Å². The highest BCUT2D eigenvalue weighted by molar-refractivity contribution is 5.50. The van der Waals surface area contributed by atoms with Crippen LogP contribution in [0, 0.1) is 0 Å². The lowest BCUT2D eigenvalue weighted by molar-refractivity contribution is -0.242. The van der Waals surface area contributed by atoms with Gasteiger partial charge in [-0.25, -0.2) is 4.79 Å². The number of rotatable bonds is 2. The van der Waals surface area contributed by atoms with Crippen LogP contribution in [0.1, 0.15) is 0 Å². The Morgan fingerprint density at radius 1 is 1.33 bits per heavy atom. The van der Waals surface area contributed by atoms with Crippen molar-refractivity contribution >= 4 is 5.94 Å². The van der Waals surface area contributed by atoms with Gasteiger partial charge >= 0.3 is 0 Å². The van der Waals surface area contributed by atoms with Gasteiger partial charge in [0.1, 0.15) is 12.2 Å². The third kappa shape index (κ3) is 2.18. The van der Waals surface area contributed by atoms with E-state index in [0.717, 1.165) is 5.94 Å². The SMILES string of the molecule is CN[C@H]1C(O)O[C@H](C(O)=C=O)[C@@H](O)[C@@H]1O. The summed E-state index contributed by atoms with van der Waals surface area (Å²) < 4.78 is 4.76. The second-order valence-corrected chi connectivity index (χ2v) is 3.23. The zero-order valence-corrected chi connectivity index (χ0v) is 7.99. The van der Waals surface area contributed by atoms with Crippen LogP contribution in [0.4, 0.5) is 0 Å². The van der Waals surface area contributed by atoms with E-state index in [-0.39, 0.29) is 0 Å². The third-order valence-electron chi connectivity index (χ3n) is 2.33. The lowest BCUT2D eigenvalue weighted by atomic mass is 9.96. The lowest BCUT2D eigenvalue weighted by Crippen LogP contribution is -2.62. The Morgan fingerprint density at radius 2 is 1.93 bits per heavy atom. The molecule has 1 unspecified atom stereocenters. The first-order valence-electron chi connectivity index (χ1n) is 4.33. The third-order valence-corrected chi connectivity index (χ3v) is 2.33. The van der Waals surface area contributed by atoms with Crippen LogP contribution < -0.4 is 5.32 Å². The maximum absolute atomic E-state index is 10.1. The van der Waals surface area contributed by atoms with Crippen molar-refractivity contribution in [3.05, 3.63) is 5.76 Å². The number of aliphatic hydroxyl groups is 4. The molecule has 0 spiro atoms. The maximum Gasteiger partial charge on any atom is 0.209 e. The summed E-state index contributed by atoms with van der Waals surface area (Å²) >= 11 is 0. The van der Waals surface area contributed by atoms with Crippen molar-refractivity contribution < 1.29 is 30.0 Å². The van der Waals surface area contributed by atoms with E-state index in [0.29, 0.717) is 0 Å². The van der Waals surface area contributed by atoms with Gasteiger partial charge in [0, 0.05) is 0 Å². The zero-order valence-electron chi connectivity index (χ0n) is 7.99. The van der Waals surface area contributed by atoms with Crippen molar-refractivity contribution in [1.82, 2.24) is 5.32 Å². The van der Waals surface area contributed by atoms with Crippen LogP contribution in [-0.2, 0) is 9.53 Å². The van der Waals surface area contributed by atoms with Gasteiger partial charge in [-0.05, 0) is 7.05 Å². The van der Waals surface area contributed by atoms with E-state index in [9.17, 15) is 20.1 Å². The average Bonchev–Trinajstić information content (AvgIpc) is 2.23. The molecule has 15 heavy (non-hydrogen) atoms. The first-order chi connectivity index (χ1) is 7.02. The molecule has 0 aromatic rings. The minimum absolute atomic E-state index is 0.893. The Hall–Kier alpha value is -0.950. The molecule has 0 amide bonds. The summed E-state index contributed by atoms with van der Waals surface area (Å²) in [6.45, 7) is 0. The average molecular weight is 219 g/mol. The fraction of sp³-hybridized carbons (Fsp3) is 0.750. The van der Waals surface area contributed by atoms with Gasteiger partial charge in [0.2, 0.25) is 5.76 Å². The Labute approximate surface area is 85.6 Å². The summed E-state index contributed by atoms with van der Waals surface area (Å²) in [5.41, 5.74) is 0. The second kappa shape index (κ2) is 4.71. The van der Waals surface area contributed by atoms with E-state index < -0.39 is 36.4 Å². The van der Waals surface area contributed by atoms with E-state index in [2.05, 4.69) is 5.32 Å². The first kappa shape index (κ1) is 12.1. The predicted molar refractivity (Wildman–Crippen MR) is 47.6 cm³/mol. The van der Waals surface area contributed by atoms with Crippen LogP contribution >= 0.6 is 0 Å². The molecular formula is C8H13NO6. The van der Waals surface area contributed by atoms with E-state index >= 15 is 0 Å². The molecule has 1 saturated heterocycles. The van der Waals surface area contributed by atoms with Gasteiger partial charge in [0.15, 0.2) is 18.3 Å². The molecule has 0 saturated carbocycles. The molecule has 1 aliphatic rings. The zero-order chi connectivity index (χ0) is 11.6. The largest absolute Gasteiger partial charge is 0.500 e. The van der Waals surface area contributed by atoms with Crippen molar-refractivity contribution in [2.24, 2.45) is 0 Å². The quantitative estimate of drug-likeness (QED) is 0.253. The van der Waals surface area contributed by atoms with Crippen LogP contribution in [0.15, 0.2) is 5.76 Å². The number of carbonyl (C=O) groups excluding carboxylic acids is 1. The first-order valence-corrected chi connectivity index (χ1v) is 4.33. The molecular weight excluding hydrogens is 206 g/mol. The van der Waals surface area contributed by atoms with Crippen LogP contribution in [0.2, 0.25) is 0 Å². The normalized spacial score (nSPS) is 40.9. The Bertz CT molecular complexity index is 276. The van der Waals surface area contributed by atoms with Crippen LogP contribution in [-0.4, -0.2) is 64.1 Å². The van der Waals surface area contributed by atoms with Gasteiger partial charge in [0.05, 0.1) is 6.04 Å². The summed E-state index contributed by atoms with van der Waals surface area (Å²) in [7, 11) is 1.46. The summed E-state index contributed by atoms with van der Waals surface area (Å²) in [4.78, 5) is 10.1. The van der Waals surface area contributed by atoms with Gasteiger partial charge in [-0.2, -0.15) is 0 Å². The van der Waals surface area contributed by atoms with Crippen molar-refractivity contribution in [3.63, 3.8) is 0 Å². The van der Waals surface area contributed by atoms with Gasteiger partial charge in [0.25, 0.3) is 0 Å². The molecule has 0 aromatic carbocycles. The summed E-state index contributed by atoms with van der Waals surface area (Å²) in [6, 6.07) is -0.893.